The van der Waals surface area contributed by atoms with Gasteiger partial charge in [-0.25, -0.2) is 4.79 Å². The molecule has 3 rings (SSSR count). The van der Waals surface area contributed by atoms with Gasteiger partial charge >= 0.3 is 6.09 Å². The van der Waals surface area contributed by atoms with Crippen LogP contribution in [0.25, 0.3) is 0 Å². The lowest BCUT2D eigenvalue weighted by Crippen LogP contribution is -2.53. The zero-order chi connectivity index (χ0) is 18.8. The molecule has 1 aromatic carbocycles. The van der Waals surface area contributed by atoms with E-state index in [1.807, 2.05) is 26.8 Å². The van der Waals surface area contributed by atoms with Crippen LogP contribution in [-0.2, 0) is 10.2 Å². The molecule has 1 aliphatic heterocycles. The van der Waals surface area contributed by atoms with Gasteiger partial charge in [0.25, 0.3) is 0 Å². The van der Waals surface area contributed by atoms with E-state index in [4.69, 9.17) is 10.5 Å². The van der Waals surface area contributed by atoms with Crippen molar-refractivity contribution in [3.8, 4) is 0 Å². The highest BCUT2D eigenvalue weighted by Crippen LogP contribution is 2.48. The lowest BCUT2D eigenvalue weighted by molar-refractivity contribution is 0.0186. The topological polar surface area (TPSA) is 71.2 Å². The largest absolute Gasteiger partial charge is 0.444 e. The number of benzene rings is 1. The quantitative estimate of drug-likeness (QED) is 0.405. The fraction of sp³-hybridized carbons (Fsp3) is 0.600. The van der Waals surface area contributed by atoms with Gasteiger partial charge in [-0.1, -0.05) is 30.3 Å². The van der Waals surface area contributed by atoms with Crippen LogP contribution in [0.1, 0.15) is 39.2 Å². The SMILES string of the molecule is CC(C)(C)OC(=O)N1CCN(C(N)=NCC2(c3ccccc3)CC2)CC1.I. The number of carbonyl (C=O) groups excluding carboxylic acids is 1. The molecule has 0 radical (unpaired) electrons. The number of rotatable bonds is 3. The molecule has 0 aromatic heterocycles. The summed E-state index contributed by atoms with van der Waals surface area (Å²) in [5, 5.41) is 0. The van der Waals surface area contributed by atoms with Gasteiger partial charge in [-0.05, 0) is 39.2 Å². The molecule has 2 N–H and O–H groups in total. The molecule has 0 atom stereocenters. The number of hydrogen-bond donors (Lipinski definition) is 1. The van der Waals surface area contributed by atoms with E-state index in [0.29, 0.717) is 32.1 Å². The Hall–Kier alpha value is -1.51. The molecule has 1 saturated carbocycles. The van der Waals surface area contributed by atoms with Gasteiger partial charge in [-0.3, -0.25) is 4.99 Å². The normalized spacial score (nSPS) is 19.3. The first-order valence-corrected chi connectivity index (χ1v) is 9.37. The van der Waals surface area contributed by atoms with Crippen molar-refractivity contribution in [3.63, 3.8) is 0 Å². The zero-order valence-corrected chi connectivity index (χ0v) is 18.8. The fourth-order valence-corrected chi connectivity index (χ4v) is 3.26. The van der Waals surface area contributed by atoms with Gasteiger partial charge in [0.05, 0.1) is 6.54 Å². The van der Waals surface area contributed by atoms with Crippen LogP contribution in [-0.4, -0.2) is 60.2 Å². The van der Waals surface area contributed by atoms with Crippen LogP contribution in [0.5, 0.6) is 0 Å². The van der Waals surface area contributed by atoms with Crippen LogP contribution < -0.4 is 5.73 Å². The van der Waals surface area contributed by atoms with Crippen molar-refractivity contribution >= 4 is 36.0 Å². The van der Waals surface area contributed by atoms with Crippen molar-refractivity contribution in [2.24, 2.45) is 10.7 Å². The minimum absolute atomic E-state index is 0. The van der Waals surface area contributed by atoms with Gasteiger partial charge in [0.2, 0.25) is 0 Å². The number of piperazine rings is 1. The summed E-state index contributed by atoms with van der Waals surface area (Å²) < 4.78 is 5.43. The van der Waals surface area contributed by atoms with E-state index in [2.05, 4.69) is 34.2 Å². The first-order chi connectivity index (χ1) is 12.3. The smallest absolute Gasteiger partial charge is 0.410 e. The summed E-state index contributed by atoms with van der Waals surface area (Å²) in [6.07, 6.45) is 2.08. The Labute approximate surface area is 179 Å². The number of hydrogen-bond acceptors (Lipinski definition) is 3. The monoisotopic (exact) mass is 486 g/mol. The first kappa shape index (κ1) is 21.8. The minimum Gasteiger partial charge on any atom is -0.444 e. The van der Waals surface area contributed by atoms with E-state index in [-0.39, 0.29) is 35.5 Å². The molecule has 1 aliphatic carbocycles. The van der Waals surface area contributed by atoms with Crippen molar-refractivity contribution < 1.29 is 9.53 Å². The molecule has 7 heteroatoms. The summed E-state index contributed by atoms with van der Waals surface area (Å²) in [7, 11) is 0. The minimum atomic E-state index is -0.468. The second kappa shape index (κ2) is 8.67. The number of aliphatic imine (C=N–C) groups is 1. The molecule has 1 saturated heterocycles. The summed E-state index contributed by atoms with van der Waals surface area (Å²) in [5.41, 5.74) is 7.28. The van der Waals surface area contributed by atoms with Crippen molar-refractivity contribution in [2.45, 2.75) is 44.6 Å². The first-order valence-electron chi connectivity index (χ1n) is 9.37. The number of guanidine groups is 1. The average Bonchev–Trinajstić information content (AvgIpc) is 3.40. The summed E-state index contributed by atoms with van der Waals surface area (Å²) in [6.45, 7) is 8.96. The van der Waals surface area contributed by atoms with Crippen molar-refractivity contribution in [3.05, 3.63) is 35.9 Å². The van der Waals surface area contributed by atoms with Crippen LogP contribution in [0.2, 0.25) is 0 Å². The Kier molecular flexibility index (Phi) is 6.99. The summed E-state index contributed by atoms with van der Waals surface area (Å²) in [4.78, 5) is 20.6. The number of amides is 1. The molecule has 1 aromatic rings. The van der Waals surface area contributed by atoms with Gasteiger partial charge in [0.15, 0.2) is 5.96 Å². The van der Waals surface area contributed by atoms with E-state index in [1.165, 1.54) is 18.4 Å². The second-order valence-corrected chi connectivity index (χ2v) is 8.28. The number of nitrogens with two attached hydrogens (primary N) is 1. The van der Waals surface area contributed by atoms with Gasteiger partial charge in [0.1, 0.15) is 5.60 Å². The van der Waals surface area contributed by atoms with Crippen LogP contribution in [0, 0.1) is 0 Å². The second-order valence-electron chi connectivity index (χ2n) is 8.28. The van der Waals surface area contributed by atoms with E-state index in [0.717, 1.165) is 6.54 Å². The average molecular weight is 486 g/mol. The molecule has 2 aliphatic rings. The Morgan fingerprint density at radius 3 is 2.19 bits per heavy atom. The molecule has 0 unspecified atom stereocenters. The Balaban J connectivity index is 0.00000261. The molecule has 1 heterocycles. The summed E-state index contributed by atoms with van der Waals surface area (Å²) in [5.74, 6) is 0.580. The van der Waals surface area contributed by atoms with Crippen LogP contribution in [0.15, 0.2) is 35.3 Å². The fourth-order valence-electron chi connectivity index (χ4n) is 3.26. The van der Waals surface area contributed by atoms with E-state index < -0.39 is 5.60 Å². The van der Waals surface area contributed by atoms with Gasteiger partial charge in [-0.15, -0.1) is 24.0 Å². The predicted molar refractivity (Wildman–Crippen MR) is 119 cm³/mol. The Bertz CT molecular complexity index is 660. The highest BCUT2D eigenvalue weighted by atomic mass is 127. The summed E-state index contributed by atoms with van der Waals surface area (Å²) in [6, 6.07) is 10.6. The Morgan fingerprint density at radius 2 is 1.67 bits per heavy atom. The number of carbonyl (C=O) groups is 1. The standard InChI is InChI=1S/C20H30N4O2.HI/c1-19(2,3)26-18(25)24-13-11-23(12-14-24)17(21)22-15-20(9-10-20)16-7-5-4-6-8-16;/h4-8H,9-15H2,1-3H3,(H2,21,22);1H. The molecule has 150 valence electrons. The molecular formula is C20H31IN4O2. The molecule has 0 spiro atoms. The van der Waals surface area contributed by atoms with Crippen LogP contribution in [0.4, 0.5) is 4.79 Å². The molecule has 2 fully saturated rings. The van der Waals surface area contributed by atoms with Gasteiger partial charge < -0.3 is 20.3 Å². The van der Waals surface area contributed by atoms with Crippen molar-refractivity contribution in [1.82, 2.24) is 9.80 Å². The lowest BCUT2D eigenvalue weighted by atomic mass is 9.96. The van der Waals surface area contributed by atoms with Crippen molar-refractivity contribution in [2.75, 3.05) is 32.7 Å². The van der Waals surface area contributed by atoms with E-state index >= 15 is 0 Å². The van der Waals surface area contributed by atoms with Crippen LogP contribution in [0.3, 0.4) is 0 Å². The number of nitrogens with zero attached hydrogens (tertiary/aromatic N) is 3. The Morgan fingerprint density at radius 1 is 1.11 bits per heavy atom. The maximum absolute atomic E-state index is 12.1. The third-order valence-corrected chi connectivity index (χ3v) is 5.04. The van der Waals surface area contributed by atoms with Crippen LogP contribution >= 0.6 is 24.0 Å². The highest BCUT2D eigenvalue weighted by molar-refractivity contribution is 14.0. The third-order valence-electron chi connectivity index (χ3n) is 5.04. The van der Waals surface area contributed by atoms with Crippen molar-refractivity contribution in [1.29, 1.82) is 0 Å². The molecule has 27 heavy (non-hydrogen) atoms. The molecular weight excluding hydrogens is 455 g/mol. The number of ether oxygens (including phenoxy) is 1. The lowest BCUT2D eigenvalue weighted by Gasteiger charge is -2.36. The van der Waals surface area contributed by atoms with E-state index in [9.17, 15) is 4.79 Å². The van der Waals surface area contributed by atoms with Gasteiger partial charge in [-0.2, -0.15) is 0 Å². The highest BCUT2D eigenvalue weighted by Gasteiger charge is 2.44. The summed E-state index contributed by atoms with van der Waals surface area (Å²) >= 11 is 0. The molecule has 1 amide bonds. The molecule has 6 nitrogen and oxygen atoms in total. The number of halogens is 1. The maximum Gasteiger partial charge on any atom is 0.410 e. The van der Waals surface area contributed by atoms with E-state index in [1.54, 1.807) is 4.90 Å². The zero-order valence-electron chi connectivity index (χ0n) is 16.5. The molecule has 0 bridgehead atoms. The maximum atomic E-state index is 12.1. The predicted octanol–water partition coefficient (Wildman–Crippen LogP) is 3.20. The van der Waals surface area contributed by atoms with Gasteiger partial charge in [0, 0.05) is 31.6 Å². The third kappa shape index (κ3) is 5.73.